The molecule has 0 saturated carbocycles. The molecule has 40 heavy (non-hydrogen) atoms. The smallest absolute Gasteiger partial charge is 0.308 e. The van der Waals surface area contributed by atoms with Gasteiger partial charge in [0.05, 0.1) is 12.5 Å². The van der Waals surface area contributed by atoms with E-state index < -0.39 is 0 Å². The monoisotopic (exact) mass is 563 g/mol. The summed E-state index contributed by atoms with van der Waals surface area (Å²) in [5.74, 6) is 0.230. The van der Waals surface area contributed by atoms with Crippen LogP contribution in [-0.4, -0.2) is 12.6 Å². The Morgan fingerprint density at radius 3 is 1.18 bits per heavy atom. The molecule has 0 aromatic heterocycles. The van der Waals surface area contributed by atoms with E-state index in [-0.39, 0.29) is 11.9 Å². The Kier molecular flexibility index (Phi) is 33.7. The number of hydrogen-bond donors (Lipinski definition) is 0. The van der Waals surface area contributed by atoms with Crippen LogP contribution >= 0.6 is 0 Å². The molecule has 0 N–H and O–H groups in total. The van der Waals surface area contributed by atoms with Gasteiger partial charge in [-0.25, -0.2) is 0 Å². The number of allylic oxidation sites excluding steroid dienone is 2. The highest BCUT2D eigenvalue weighted by molar-refractivity contribution is 5.72. The maximum Gasteiger partial charge on any atom is 0.308 e. The number of ether oxygens (including phenoxy) is 1. The first-order valence-electron chi connectivity index (χ1n) is 18.6. The topological polar surface area (TPSA) is 26.3 Å². The predicted octanol–water partition coefficient (Wildman–Crippen LogP) is 13.5. The number of carbonyl (C=O) groups excluding carboxylic acids is 1. The van der Waals surface area contributed by atoms with E-state index in [0.29, 0.717) is 6.61 Å². The normalized spacial score (nSPS) is 12.4. The van der Waals surface area contributed by atoms with Gasteiger partial charge in [-0.1, -0.05) is 181 Å². The van der Waals surface area contributed by atoms with Crippen LogP contribution in [0.25, 0.3) is 0 Å². The Hall–Kier alpha value is -0.790. The summed E-state index contributed by atoms with van der Waals surface area (Å²) in [6.07, 6.45) is 43.6. The minimum atomic E-state index is 0.0992. The van der Waals surface area contributed by atoms with Crippen molar-refractivity contribution in [3.8, 4) is 0 Å². The molecule has 0 fully saturated rings. The minimum Gasteiger partial charge on any atom is -0.465 e. The average molecular weight is 563 g/mol. The number of unbranched alkanes of at least 4 members (excludes halogenated alkanes) is 24. The fourth-order valence-electron chi connectivity index (χ4n) is 5.72. The molecule has 0 heterocycles. The molecule has 2 heteroatoms. The SMILES string of the molecule is CCCCCCCC/C=C\CCCCCCC(CCCCCCCC)C(=O)OCCCCCCCCCCCC. The fraction of sp³-hybridized carbons (Fsp3) is 0.921. The van der Waals surface area contributed by atoms with Crippen molar-refractivity contribution >= 4 is 5.97 Å². The van der Waals surface area contributed by atoms with Crippen LogP contribution in [0.4, 0.5) is 0 Å². The summed E-state index contributed by atoms with van der Waals surface area (Å²) in [5, 5.41) is 0. The number of carbonyl (C=O) groups is 1. The summed E-state index contributed by atoms with van der Waals surface area (Å²) >= 11 is 0. The van der Waals surface area contributed by atoms with E-state index in [1.165, 1.54) is 173 Å². The van der Waals surface area contributed by atoms with E-state index in [1.807, 2.05) is 0 Å². The van der Waals surface area contributed by atoms with Crippen LogP contribution in [0, 0.1) is 5.92 Å². The first kappa shape index (κ1) is 39.2. The molecular formula is C38H74O2. The van der Waals surface area contributed by atoms with Crippen molar-refractivity contribution in [1.82, 2.24) is 0 Å². The number of hydrogen-bond acceptors (Lipinski definition) is 2. The third-order valence-corrected chi connectivity index (χ3v) is 8.55. The van der Waals surface area contributed by atoms with E-state index in [0.717, 1.165) is 19.3 Å². The molecule has 1 unspecified atom stereocenters. The predicted molar refractivity (Wildman–Crippen MR) is 179 cm³/mol. The Bertz CT molecular complexity index is 512. The molecule has 0 bridgehead atoms. The minimum absolute atomic E-state index is 0.0992. The fourth-order valence-corrected chi connectivity index (χ4v) is 5.72. The lowest BCUT2D eigenvalue weighted by Gasteiger charge is -2.16. The van der Waals surface area contributed by atoms with Crippen molar-refractivity contribution in [3.05, 3.63) is 12.2 Å². The van der Waals surface area contributed by atoms with Crippen molar-refractivity contribution in [1.29, 1.82) is 0 Å². The van der Waals surface area contributed by atoms with Gasteiger partial charge in [0.1, 0.15) is 0 Å². The summed E-state index contributed by atoms with van der Waals surface area (Å²) in [6.45, 7) is 7.47. The van der Waals surface area contributed by atoms with Gasteiger partial charge in [0.25, 0.3) is 0 Å². The van der Waals surface area contributed by atoms with Crippen molar-refractivity contribution in [3.63, 3.8) is 0 Å². The van der Waals surface area contributed by atoms with Crippen LogP contribution in [0.1, 0.15) is 213 Å². The van der Waals surface area contributed by atoms with Crippen molar-refractivity contribution in [2.24, 2.45) is 5.92 Å². The number of esters is 1. The van der Waals surface area contributed by atoms with E-state index in [9.17, 15) is 4.79 Å². The largest absolute Gasteiger partial charge is 0.465 e. The van der Waals surface area contributed by atoms with Crippen LogP contribution in [0.3, 0.4) is 0 Å². The van der Waals surface area contributed by atoms with Gasteiger partial charge in [-0.3, -0.25) is 4.79 Å². The van der Waals surface area contributed by atoms with Gasteiger partial charge in [-0.05, 0) is 44.9 Å². The van der Waals surface area contributed by atoms with Crippen LogP contribution in [-0.2, 0) is 9.53 Å². The molecule has 0 spiro atoms. The third kappa shape index (κ3) is 30.2. The molecule has 0 aromatic rings. The molecule has 0 aliphatic rings. The molecule has 238 valence electrons. The second kappa shape index (κ2) is 34.4. The first-order valence-corrected chi connectivity index (χ1v) is 18.6. The molecule has 0 aliphatic heterocycles. The average Bonchev–Trinajstić information content (AvgIpc) is 2.96. The van der Waals surface area contributed by atoms with E-state index in [2.05, 4.69) is 32.9 Å². The molecular weight excluding hydrogens is 488 g/mol. The van der Waals surface area contributed by atoms with Gasteiger partial charge < -0.3 is 4.74 Å². The van der Waals surface area contributed by atoms with Gasteiger partial charge in [0, 0.05) is 0 Å². The van der Waals surface area contributed by atoms with Crippen LogP contribution in [0.15, 0.2) is 12.2 Å². The maximum absolute atomic E-state index is 12.9. The first-order chi connectivity index (χ1) is 19.8. The zero-order valence-corrected chi connectivity index (χ0v) is 28.0. The number of rotatable bonds is 33. The molecule has 0 aromatic carbocycles. The van der Waals surface area contributed by atoms with Gasteiger partial charge >= 0.3 is 5.97 Å². The summed E-state index contributed by atoms with van der Waals surface area (Å²) in [5.41, 5.74) is 0. The Labute approximate surface area is 253 Å². The summed E-state index contributed by atoms with van der Waals surface area (Å²) < 4.78 is 5.79. The summed E-state index contributed by atoms with van der Waals surface area (Å²) in [4.78, 5) is 12.9. The standard InChI is InChI=1S/C38H74O2/c1-4-7-10-13-16-18-20-21-22-23-24-26-29-32-35-37(34-31-28-15-12-9-6-3)38(39)40-36-33-30-27-25-19-17-14-11-8-5-2/h21-22,37H,4-20,23-36H2,1-3H3/b22-21-. The molecule has 0 saturated heterocycles. The lowest BCUT2D eigenvalue weighted by Crippen LogP contribution is -2.18. The molecule has 0 radical (unpaired) electrons. The molecule has 0 rings (SSSR count). The van der Waals surface area contributed by atoms with Crippen molar-refractivity contribution in [2.75, 3.05) is 6.61 Å². The highest BCUT2D eigenvalue weighted by Crippen LogP contribution is 2.21. The summed E-state index contributed by atoms with van der Waals surface area (Å²) in [7, 11) is 0. The third-order valence-electron chi connectivity index (χ3n) is 8.55. The van der Waals surface area contributed by atoms with Gasteiger partial charge in [-0.15, -0.1) is 0 Å². The second-order valence-electron chi connectivity index (χ2n) is 12.6. The van der Waals surface area contributed by atoms with Crippen molar-refractivity contribution in [2.45, 2.75) is 213 Å². The maximum atomic E-state index is 12.9. The van der Waals surface area contributed by atoms with Crippen LogP contribution < -0.4 is 0 Å². The Balaban J connectivity index is 3.98. The highest BCUT2D eigenvalue weighted by Gasteiger charge is 2.19. The second-order valence-corrected chi connectivity index (χ2v) is 12.6. The van der Waals surface area contributed by atoms with Crippen LogP contribution in [0.5, 0.6) is 0 Å². The zero-order chi connectivity index (χ0) is 29.2. The van der Waals surface area contributed by atoms with Crippen molar-refractivity contribution < 1.29 is 9.53 Å². The molecule has 2 nitrogen and oxygen atoms in total. The van der Waals surface area contributed by atoms with Gasteiger partial charge in [-0.2, -0.15) is 0 Å². The molecule has 1 atom stereocenters. The van der Waals surface area contributed by atoms with E-state index in [4.69, 9.17) is 4.74 Å². The Morgan fingerprint density at radius 2 is 0.775 bits per heavy atom. The lowest BCUT2D eigenvalue weighted by atomic mass is 9.94. The van der Waals surface area contributed by atoms with E-state index >= 15 is 0 Å². The van der Waals surface area contributed by atoms with Crippen LogP contribution in [0.2, 0.25) is 0 Å². The van der Waals surface area contributed by atoms with Gasteiger partial charge in [0.2, 0.25) is 0 Å². The highest BCUT2D eigenvalue weighted by atomic mass is 16.5. The molecule has 0 aliphatic carbocycles. The molecule has 0 amide bonds. The zero-order valence-electron chi connectivity index (χ0n) is 28.0. The van der Waals surface area contributed by atoms with Gasteiger partial charge in [0.15, 0.2) is 0 Å². The summed E-state index contributed by atoms with van der Waals surface area (Å²) in [6, 6.07) is 0. The quantitative estimate of drug-likeness (QED) is 0.0451. The lowest BCUT2D eigenvalue weighted by molar-refractivity contribution is -0.149. The Morgan fingerprint density at radius 1 is 0.450 bits per heavy atom. The van der Waals surface area contributed by atoms with E-state index in [1.54, 1.807) is 0 Å².